The lowest BCUT2D eigenvalue weighted by Gasteiger charge is -2.34. The molecule has 3 unspecified atom stereocenters. The number of rotatable bonds is 8. The molecule has 22 heavy (non-hydrogen) atoms. The molecule has 0 aromatic rings. The van der Waals surface area contributed by atoms with Gasteiger partial charge in [0.1, 0.15) is 0 Å². The molecule has 7 heteroatoms. The zero-order chi connectivity index (χ0) is 17.1. The first-order valence-electron chi connectivity index (χ1n) is 7.74. The van der Waals surface area contributed by atoms with Crippen LogP contribution in [0, 0.1) is 11.8 Å². The van der Waals surface area contributed by atoms with Gasteiger partial charge in [0.25, 0.3) is 0 Å². The van der Waals surface area contributed by atoms with E-state index in [-0.39, 0.29) is 43.7 Å². The molecule has 0 N–H and O–H groups in total. The Labute approximate surface area is 141 Å². The Morgan fingerprint density at radius 1 is 1.05 bits per heavy atom. The lowest BCUT2D eigenvalue weighted by molar-refractivity contribution is -0.225. The topological polar surface area (TPSA) is 24.9 Å². The molecule has 0 spiro atoms. The van der Waals surface area contributed by atoms with E-state index in [2.05, 4.69) is 15.9 Å². The van der Waals surface area contributed by atoms with Gasteiger partial charge in [-0.3, -0.25) is 0 Å². The van der Waals surface area contributed by atoms with Crippen molar-refractivity contribution in [3.63, 3.8) is 0 Å². The Morgan fingerprint density at radius 3 is 1.91 bits per heavy atom. The number of methoxy groups -OCH3 is 2. The summed E-state index contributed by atoms with van der Waals surface area (Å²) in [5.41, 5.74) is 0. The van der Waals surface area contributed by atoms with Gasteiger partial charge in [0.05, 0.1) is 17.2 Å². The SMILES string of the molecule is COC(CN1CC(Br)N(CC(OC)C(C)C)C1(F)F)C(C)C. The fraction of sp³-hybridized carbons (Fsp3) is 1.00. The molecule has 0 aromatic carbocycles. The molecule has 0 aliphatic carbocycles. The molecule has 0 saturated carbocycles. The van der Waals surface area contributed by atoms with Crippen LogP contribution in [-0.4, -0.2) is 67.0 Å². The number of nitrogens with zero attached hydrogens (tertiary/aromatic N) is 2. The van der Waals surface area contributed by atoms with E-state index < -0.39 is 11.1 Å². The van der Waals surface area contributed by atoms with Crippen molar-refractivity contribution >= 4 is 15.9 Å². The van der Waals surface area contributed by atoms with Crippen LogP contribution >= 0.6 is 15.9 Å². The average Bonchev–Trinajstić information content (AvgIpc) is 2.62. The van der Waals surface area contributed by atoms with Crippen LogP contribution in [0.25, 0.3) is 0 Å². The maximum atomic E-state index is 14.8. The summed E-state index contributed by atoms with van der Waals surface area (Å²) >= 11 is 3.38. The van der Waals surface area contributed by atoms with Gasteiger partial charge in [-0.15, -0.1) is 0 Å². The molecule has 132 valence electrons. The van der Waals surface area contributed by atoms with Gasteiger partial charge in [-0.25, -0.2) is 9.80 Å². The van der Waals surface area contributed by atoms with Crippen LogP contribution in [-0.2, 0) is 9.47 Å². The molecular formula is C15H29BrF2N2O2. The van der Waals surface area contributed by atoms with Gasteiger partial charge in [-0.1, -0.05) is 43.6 Å². The van der Waals surface area contributed by atoms with Crippen molar-refractivity contribution in [2.45, 2.75) is 51.0 Å². The molecule has 3 atom stereocenters. The standard InChI is InChI=1S/C15H29BrF2N2O2/c1-10(2)12(21-5)7-19-9-14(16)20(15(19,17)18)8-13(22-6)11(3)4/h10-14H,7-9H2,1-6H3. The van der Waals surface area contributed by atoms with Crippen molar-refractivity contribution in [2.24, 2.45) is 11.8 Å². The average molecular weight is 387 g/mol. The molecule has 1 heterocycles. The highest BCUT2D eigenvalue weighted by atomic mass is 79.9. The predicted octanol–water partition coefficient (Wildman–Crippen LogP) is 3.22. The fourth-order valence-electron chi connectivity index (χ4n) is 2.68. The molecule has 0 radical (unpaired) electrons. The van der Waals surface area contributed by atoms with Gasteiger partial charge in [0.15, 0.2) is 0 Å². The molecule has 4 nitrogen and oxygen atoms in total. The second-order valence-electron chi connectivity index (χ2n) is 6.54. The number of hydrogen-bond donors (Lipinski definition) is 0. The highest BCUT2D eigenvalue weighted by Crippen LogP contribution is 2.37. The maximum absolute atomic E-state index is 14.8. The Kier molecular flexibility index (Phi) is 7.66. The predicted molar refractivity (Wildman–Crippen MR) is 87.2 cm³/mol. The molecule has 0 bridgehead atoms. The number of alkyl halides is 3. The summed E-state index contributed by atoms with van der Waals surface area (Å²) in [7, 11) is 3.14. The monoisotopic (exact) mass is 386 g/mol. The van der Waals surface area contributed by atoms with Gasteiger partial charge in [0.2, 0.25) is 0 Å². The maximum Gasteiger partial charge on any atom is 0.370 e. The van der Waals surface area contributed by atoms with Crippen molar-refractivity contribution in [3.8, 4) is 0 Å². The first-order valence-corrected chi connectivity index (χ1v) is 8.65. The van der Waals surface area contributed by atoms with Crippen LogP contribution in [0.1, 0.15) is 27.7 Å². The van der Waals surface area contributed by atoms with Crippen molar-refractivity contribution < 1.29 is 18.3 Å². The third-order valence-corrected chi connectivity index (χ3v) is 5.09. The number of halogens is 3. The molecule has 0 amide bonds. The summed E-state index contributed by atoms with van der Waals surface area (Å²) < 4.78 is 40.2. The van der Waals surface area contributed by atoms with E-state index in [4.69, 9.17) is 9.47 Å². The van der Waals surface area contributed by atoms with Crippen LogP contribution in [0.15, 0.2) is 0 Å². The normalized spacial score (nSPS) is 26.0. The largest absolute Gasteiger partial charge is 0.380 e. The van der Waals surface area contributed by atoms with E-state index >= 15 is 0 Å². The van der Waals surface area contributed by atoms with E-state index in [1.165, 1.54) is 9.80 Å². The Morgan fingerprint density at radius 2 is 1.50 bits per heavy atom. The lowest BCUT2D eigenvalue weighted by atomic mass is 10.1. The molecule has 1 rings (SSSR count). The summed E-state index contributed by atoms with van der Waals surface area (Å²) in [5, 5.41) is 0. The molecule has 1 fully saturated rings. The minimum absolute atomic E-state index is 0.178. The van der Waals surface area contributed by atoms with Crippen LogP contribution < -0.4 is 0 Å². The molecular weight excluding hydrogens is 358 g/mol. The third kappa shape index (κ3) is 4.60. The quantitative estimate of drug-likeness (QED) is 0.472. The van der Waals surface area contributed by atoms with Crippen molar-refractivity contribution in [1.29, 1.82) is 0 Å². The highest BCUT2D eigenvalue weighted by Gasteiger charge is 2.54. The minimum Gasteiger partial charge on any atom is -0.380 e. The van der Waals surface area contributed by atoms with Gasteiger partial charge < -0.3 is 9.47 Å². The molecule has 1 aliphatic heterocycles. The lowest BCUT2D eigenvalue weighted by Crippen LogP contribution is -2.52. The van der Waals surface area contributed by atoms with Crippen LogP contribution in [0.5, 0.6) is 0 Å². The van der Waals surface area contributed by atoms with Gasteiger partial charge in [0, 0.05) is 33.9 Å². The van der Waals surface area contributed by atoms with Gasteiger partial charge in [-0.05, 0) is 11.8 Å². The van der Waals surface area contributed by atoms with E-state index in [1.807, 2.05) is 27.7 Å². The number of ether oxygens (including phenoxy) is 2. The first-order chi connectivity index (χ1) is 10.1. The zero-order valence-electron chi connectivity index (χ0n) is 14.4. The van der Waals surface area contributed by atoms with E-state index in [0.29, 0.717) is 0 Å². The summed E-state index contributed by atoms with van der Waals surface area (Å²) in [6.07, 6.45) is -3.45. The Hall–Kier alpha value is 0.180. The summed E-state index contributed by atoms with van der Waals surface area (Å²) in [5.74, 6) is 0.364. The van der Waals surface area contributed by atoms with Crippen molar-refractivity contribution in [1.82, 2.24) is 9.80 Å². The second-order valence-corrected chi connectivity index (χ2v) is 7.59. The molecule has 1 aliphatic rings. The highest BCUT2D eigenvalue weighted by molar-refractivity contribution is 9.09. The summed E-state index contributed by atoms with van der Waals surface area (Å²) in [6, 6.07) is 0. The number of hydrogen-bond acceptors (Lipinski definition) is 4. The summed E-state index contributed by atoms with van der Waals surface area (Å²) in [4.78, 5) is 1.96. The molecule has 0 aromatic heterocycles. The van der Waals surface area contributed by atoms with E-state index in [1.54, 1.807) is 14.2 Å². The Bertz CT molecular complexity index is 346. The van der Waals surface area contributed by atoms with Crippen LogP contribution in [0.3, 0.4) is 0 Å². The third-order valence-electron chi connectivity index (χ3n) is 4.30. The van der Waals surface area contributed by atoms with E-state index in [9.17, 15) is 8.78 Å². The van der Waals surface area contributed by atoms with Crippen molar-refractivity contribution in [3.05, 3.63) is 0 Å². The first kappa shape index (κ1) is 20.2. The minimum atomic E-state index is -3.01. The smallest absolute Gasteiger partial charge is 0.370 e. The Balaban J connectivity index is 2.81. The zero-order valence-corrected chi connectivity index (χ0v) is 15.9. The van der Waals surface area contributed by atoms with Gasteiger partial charge >= 0.3 is 6.17 Å². The second kappa shape index (κ2) is 8.33. The van der Waals surface area contributed by atoms with Gasteiger partial charge in [-0.2, -0.15) is 8.78 Å². The fourth-order valence-corrected chi connectivity index (χ4v) is 3.44. The summed E-state index contributed by atoms with van der Waals surface area (Å²) in [6.45, 7) is 8.56. The van der Waals surface area contributed by atoms with Crippen LogP contribution in [0.2, 0.25) is 0 Å². The molecule has 1 saturated heterocycles. The van der Waals surface area contributed by atoms with Crippen molar-refractivity contribution in [2.75, 3.05) is 33.9 Å². The van der Waals surface area contributed by atoms with E-state index in [0.717, 1.165) is 0 Å². The van der Waals surface area contributed by atoms with Crippen LogP contribution in [0.4, 0.5) is 8.78 Å².